The molecular weight excluding hydrogens is 344 g/mol. The smallest absolute Gasteiger partial charge is 0.254 e. The summed E-state index contributed by atoms with van der Waals surface area (Å²) in [5.74, 6) is -0.108. The first kappa shape index (κ1) is 18.3. The second-order valence-corrected chi connectivity index (χ2v) is 8.80. The summed E-state index contributed by atoms with van der Waals surface area (Å²) in [5, 5.41) is 0. The van der Waals surface area contributed by atoms with Crippen LogP contribution < -0.4 is 0 Å². The lowest BCUT2D eigenvalue weighted by atomic mass is 10.0. The van der Waals surface area contributed by atoms with Gasteiger partial charge in [-0.3, -0.25) is 4.79 Å². The molecule has 25 heavy (non-hydrogen) atoms. The summed E-state index contributed by atoms with van der Waals surface area (Å²) in [7, 11) is -3.54. The Balaban J connectivity index is 1.79. The van der Waals surface area contributed by atoms with Crippen molar-refractivity contribution in [1.29, 1.82) is 0 Å². The van der Waals surface area contributed by atoms with E-state index < -0.39 is 10.0 Å². The van der Waals surface area contributed by atoms with E-state index in [1.807, 2.05) is 13.8 Å². The molecule has 0 radical (unpaired) electrons. The second-order valence-electron chi connectivity index (χ2n) is 6.86. The number of rotatable bonds is 3. The fraction of sp³-hybridized carbons (Fsp3) is 0.588. The molecule has 0 N–H and O–H groups in total. The van der Waals surface area contributed by atoms with Gasteiger partial charge in [0.1, 0.15) is 0 Å². The molecule has 2 saturated heterocycles. The van der Waals surface area contributed by atoms with Crippen molar-refractivity contribution >= 4 is 15.9 Å². The number of ether oxygens (including phenoxy) is 2. The van der Waals surface area contributed by atoms with E-state index in [0.29, 0.717) is 51.6 Å². The molecule has 2 aliphatic rings. The Morgan fingerprint density at radius 1 is 1.00 bits per heavy atom. The SMILES string of the molecule is CC1(C)COCCN1C(=O)c1ccc(S(=O)(=O)N2CCOCC2)cc1. The Morgan fingerprint density at radius 2 is 1.60 bits per heavy atom. The van der Waals surface area contributed by atoms with Crippen LogP contribution in [0, 0.1) is 0 Å². The molecule has 0 bridgehead atoms. The summed E-state index contributed by atoms with van der Waals surface area (Å²) in [4.78, 5) is 14.8. The van der Waals surface area contributed by atoms with E-state index in [1.54, 1.807) is 17.0 Å². The van der Waals surface area contributed by atoms with Gasteiger partial charge in [0.25, 0.3) is 5.91 Å². The van der Waals surface area contributed by atoms with E-state index in [4.69, 9.17) is 9.47 Å². The normalized spacial score (nSPS) is 21.9. The van der Waals surface area contributed by atoms with Crippen LogP contribution in [0.5, 0.6) is 0 Å². The van der Waals surface area contributed by atoms with Crippen LogP contribution in [0.2, 0.25) is 0 Å². The number of carbonyl (C=O) groups excluding carboxylic acids is 1. The van der Waals surface area contributed by atoms with E-state index in [1.165, 1.54) is 16.4 Å². The Labute approximate surface area is 148 Å². The molecule has 1 aromatic carbocycles. The van der Waals surface area contributed by atoms with Crippen LogP contribution in [-0.2, 0) is 19.5 Å². The number of carbonyl (C=O) groups is 1. The van der Waals surface area contributed by atoms with Crippen LogP contribution in [0.1, 0.15) is 24.2 Å². The van der Waals surface area contributed by atoms with Gasteiger partial charge in [-0.05, 0) is 38.1 Å². The van der Waals surface area contributed by atoms with Crippen molar-refractivity contribution < 1.29 is 22.7 Å². The van der Waals surface area contributed by atoms with Gasteiger partial charge in [0.05, 0.1) is 36.9 Å². The van der Waals surface area contributed by atoms with Crippen molar-refractivity contribution in [3.8, 4) is 0 Å². The molecular formula is C17H24N2O5S. The molecule has 0 aromatic heterocycles. The summed E-state index contributed by atoms with van der Waals surface area (Å²) >= 11 is 0. The van der Waals surface area contributed by atoms with Crippen LogP contribution in [0.15, 0.2) is 29.2 Å². The van der Waals surface area contributed by atoms with Gasteiger partial charge in [-0.2, -0.15) is 4.31 Å². The average Bonchev–Trinajstić information content (AvgIpc) is 2.62. The molecule has 0 spiro atoms. The van der Waals surface area contributed by atoms with Gasteiger partial charge in [-0.25, -0.2) is 8.42 Å². The van der Waals surface area contributed by atoms with Gasteiger partial charge in [-0.15, -0.1) is 0 Å². The van der Waals surface area contributed by atoms with E-state index in [9.17, 15) is 13.2 Å². The average molecular weight is 368 g/mol. The molecule has 0 unspecified atom stereocenters. The Kier molecular flexibility index (Phi) is 5.15. The third-order valence-corrected chi connectivity index (χ3v) is 6.51. The number of benzene rings is 1. The minimum atomic E-state index is -3.54. The number of amides is 1. The molecule has 2 fully saturated rings. The first-order chi connectivity index (χ1) is 11.8. The maximum atomic E-state index is 12.8. The molecule has 0 aliphatic carbocycles. The standard InChI is InChI=1S/C17H24N2O5S/c1-17(2)13-24-12-9-19(17)16(20)14-3-5-15(6-4-14)25(21,22)18-7-10-23-11-8-18/h3-6H,7-13H2,1-2H3. The van der Waals surface area contributed by atoms with Gasteiger partial charge >= 0.3 is 0 Å². The first-order valence-electron chi connectivity index (χ1n) is 8.40. The zero-order valence-electron chi connectivity index (χ0n) is 14.6. The highest BCUT2D eigenvalue weighted by atomic mass is 32.2. The largest absolute Gasteiger partial charge is 0.379 e. The summed E-state index contributed by atoms with van der Waals surface area (Å²) in [5.41, 5.74) is 0.101. The van der Waals surface area contributed by atoms with Crippen molar-refractivity contribution in [3.63, 3.8) is 0 Å². The lowest BCUT2D eigenvalue weighted by Gasteiger charge is -2.42. The highest BCUT2D eigenvalue weighted by Crippen LogP contribution is 2.23. The summed E-state index contributed by atoms with van der Waals surface area (Å²) in [6, 6.07) is 6.18. The highest BCUT2D eigenvalue weighted by Gasteiger charge is 2.34. The van der Waals surface area contributed by atoms with Crippen molar-refractivity contribution in [1.82, 2.24) is 9.21 Å². The van der Waals surface area contributed by atoms with Crippen LogP contribution in [0.3, 0.4) is 0 Å². The van der Waals surface area contributed by atoms with E-state index in [-0.39, 0.29) is 16.3 Å². The van der Waals surface area contributed by atoms with Gasteiger partial charge in [-0.1, -0.05) is 0 Å². The molecule has 1 amide bonds. The summed E-state index contributed by atoms with van der Waals surface area (Å²) in [6.45, 7) is 6.96. The van der Waals surface area contributed by atoms with E-state index >= 15 is 0 Å². The van der Waals surface area contributed by atoms with Crippen molar-refractivity contribution in [2.24, 2.45) is 0 Å². The fourth-order valence-corrected chi connectivity index (χ4v) is 4.50. The lowest BCUT2D eigenvalue weighted by molar-refractivity contribution is -0.0370. The molecule has 7 nitrogen and oxygen atoms in total. The number of sulfonamides is 1. The van der Waals surface area contributed by atoms with Gasteiger partial charge < -0.3 is 14.4 Å². The Hall–Kier alpha value is -1.48. The fourth-order valence-electron chi connectivity index (χ4n) is 3.10. The van der Waals surface area contributed by atoms with Gasteiger partial charge in [0, 0.05) is 25.2 Å². The van der Waals surface area contributed by atoms with Crippen molar-refractivity contribution in [3.05, 3.63) is 29.8 Å². The zero-order valence-corrected chi connectivity index (χ0v) is 15.4. The van der Waals surface area contributed by atoms with E-state index in [0.717, 1.165) is 0 Å². The highest BCUT2D eigenvalue weighted by molar-refractivity contribution is 7.89. The Morgan fingerprint density at radius 3 is 2.20 bits per heavy atom. The first-order valence-corrected chi connectivity index (χ1v) is 9.84. The molecule has 8 heteroatoms. The second kappa shape index (κ2) is 7.03. The van der Waals surface area contributed by atoms with Crippen molar-refractivity contribution in [2.45, 2.75) is 24.3 Å². The van der Waals surface area contributed by atoms with Crippen molar-refractivity contribution in [2.75, 3.05) is 46.1 Å². The summed E-state index contributed by atoms with van der Waals surface area (Å²) < 4.78 is 37.3. The maximum Gasteiger partial charge on any atom is 0.254 e. The van der Waals surface area contributed by atoms with Crippen LogP contribution in [0.4, 0.5) is 0 Å². The van der Waals surface area contributed by atoms with Gasteiger partial charge in [0.15, 0.2) is 0 Å². The zero-order chi connectivity index (χ0) is 18.1. The van der Waals surface area contributed by atoms with Crippen LogP contribution >= 0.6 is 0 Å². The molecule has 2 heterocycles. The minimum absolute atomic E-state index is 0.108. The number of morpholine rings is 2. The topological polar surface area (TPSA) is 76.2 Å². The summed E-state index contributed by atoms with van der Waals surface area (Å²) in [6.07, 6.45) is 0. The molecule has 3 rings (SSSR count). The predicted octanol–water partition coefficient (Wildman–Crippen LogP) is 0.959. The molecule has 0 atom stereocenters. The third-order valence-electron chi connectivity index (χ3n) is 4.60. The predicted molar refractivity (Wildman–Crippen MR) is 92.0 cm³/mol. The number of hydrogen-bond donors (Lipinski definition) is 0. The number of nitrogens with zero attached hydrogens (tertiary/aromatic N) is 2. The third kappa shape index (κ3) is 3.72. The molecule has 2 aliphatic heterocycles. The maximum absolute atomic E-state index is 12.8. The van der Waals surface area contributed by atoms with Crippen LogP contribution in [0.25, 0.3) is 0 Å². The quantitative estimate of drug-likeness (QED) is 0.794. The molecule has 0 saturated carbocycles. The minimum Gasteiger partial charge on any atom is -0.379 e. The lowest BCUT2D eigenvalue weighted by Crippen LogP contribution is -2.55. The van der Waals surface area contributed by atoms with Crippen LogP contribution in [-0.4, -0.2) is 75.1 Å². The monoisotopic (exact) mass is 368 g/mol. The Bertz CT molecular complexity index is 724. The van der Waals surface area contributed by atoms with Gasteiger partial charge in [0.2, 0.25) is 10.0 Å². The molecule has 138 valence electrons. The van der Waals surface area contributed by atoms with E-state index in [2.05, 4.69) is 0 Å². The number of hydrogen-bond acceptors (Lipinski definition) is 5. The molecule has 1 aromatic rings.